The van der Waals surface area contributed by atoms with Crippen LogP contribution in [0.1, 0.15) is 18.9 Å². The van der Waals surface area contributed by atoms with Crippen LogP contribution in [0.15, 0.2) is 46.6 Å². The number of halogens is 2. The molecule has 0 radical (unpaired) electrons. The van der Waals surface area contributed by atoms with Crippen molar-refractivity contribution in [1.29, 1.82) is 0 Å². The third-order valence-corrected chi connectivity index (χ3v) is 2.92. The summed E-state index contributed by atoms with van der Waals surface area (Å²) in [7, 11) is 0. The second-order valence-corrected chi connectivity index (χ2v) is 4.44. The molecule has 0 bridgehead atoms. The van der Waals surface area contributed by atoms with Crippen LogP contribution in [0.3, 0.4) is 0 Å². The van der Waals surface area contributed by atoms with Gasteiger partial charge in [0.25, 0.3) is 0 Å². The monoisotopic (exact) mass is 300 g/mol. The van der Waals surface area contributed by atoms with Crippen LogP contribution in [0.2, 0.25) is 0 Å². The first-order chi connectivity index (χ1) is 7.69. The minimum Gasteiger partial charge on any atom is -0.483 e. The van der Waals surface area contributed by atoms with Crippen LogP contribution in [0.4, 0.5) is 0 Å². The molecule has 0 amide bonds. The lowest BCUT2D eigenvalue weighted by atomic mass is 10.0. The Bertz CT molecular complexity index is 381. The molecule has 0 saturated carbocycles. The van der Waals surface area contributed by atoms with E-state index in [4.69, 9.17) is 16.3 Å². The van der Waals surface area contributed by atoms with Crippen molar-refractivity contribution in [2.75, 3.05) is 6.61 Å². The summed E-state index contributed by atoms with van der Waals surface area (Å²) < 4.78 is 6.37. The van der Waals surface area contributed by atoms with Gasteiger partial charge < -0.3 is 4.74 Å². The largest absolute Gasteiger partial charge is 0.483 e. The minimum absolute atomic E-state index is 0.449. The van der Waals surface area contributed by atoms with Gasteiger partial charge in [-0.1, -0.05) is 34.1 Å². The van der Waals surface area contributed by atoms with E-state index in [1.165, 1.54) is 0 Å². The summed E-state index contributed by atoms with van der Waals surface area (Å²) in [5.41, 5.74) is 2.02. The van der Waals surface area contributed by atoms with Crippen molar-refractivity contribution in [1.82, 2.24) is 0 Å². The highest BCUT2D eigenvalue weighted by Gasteiger charge is 2.07. The number of hydrogen-bond donors (Lipinski definition) is 0. The Kier molecular flexibility index (Phi) is 5.64. The highest BCUT2D eigenvalue weighted by molar-refractivity contribution is 9.10. The molecule has 1 aromatic rings. The van der Waals surface area contributed by atoms with E-state index in [2.05, 4.69) is 22.5 Å². The van der Waals surface area contributed by atoms with Crippen molar-refractivity contribution < 1.29 is 4.74 Å². The molecule has 3 heteroatoms. The molecule has 1 nitrogen and oxygen atoms in total. The zero-order chi connectivity index (χ0) is 12.0. The molecule has 0 saturated heterocycles. The molecular formula is C13H14BrClO. The average Bonchev–Trinajstić information content (AvgIpc) is 2.28. The molecule has 16 heavy (non-hydrogen) atoms. The second kappa shape index (κ2) is 6.77. The number of rotatable bonds is 5. The lowest BCUT2D eigenvalue weighted by Gasteiger charge is -2.09. The smallest absolute Gasteiger partial charge is 0.190 e. The molecule has 0 fully saturated rings. The van der Waals surface area contributed by atoms with Crippen LogP contribution < -0.4 is 0 Å². The predicted octanol–water partition coefficient (Wildman–Crippen LogP) is 4.97. The first kappa shape index (κ1) is 13.3. The van der Waals surface area contributed by atoms with Gasteiger partial charge in [-0.05, 0) is 42.6 Å². The molecule has 86 valence electrons. The van der Waals surface area contributed by atoms with Gasteiger partial charge in [-0.2, -0.15) is 0 Å². The third-order valence-electron chi connectivity index (χ3n) is 2.05. The molecule has 0 spiro atoms. The molecule has 0 N–H and O–H groups in total. The molecule has 0 aliphatic carbocycles. The zero-order valence-electron chi connectivity index (χ0n) is 9.17. The quantitative estimate of drug-likeness (QED) is 0.551. The highest BCUT2D eigenvalue weighted by Crippen LogP contribution is 2.27. The van der Waals surface area contributed by atoms with Gasteiger partial charge in [0, 0.05) is 10.0 Å². The van der Waals surface area contributed by atoms with E-state index < -0.39 is 0 Å². The first-order valence-corrected chi connectivity index (χ1v) is 6.24. The van der Waals surface area contributed by atoms with E-state index in [1.54, 1.807) is 0 Å². The second-order valence-electron chi connectivity index (χ2n) is 3.18. The molecule has 0 aliphatic rings. The molecule has 0 aliphatic heterocycles. The predicted molar refractivity (Wildman–Crippen MR) is 73.4 cm³/mol. The standard InChI is InChI=1S/C13H14BrClO/c1-3-5-12(13(15)16-4-2)10-6-8-11(14)9-7-10/h3,6-9H,1,4-5H2,2H3/b13-12-. The van der Waals surface area contributed by atoms with Gasteiger partial charge in [-0.3, -0.25) is 0 Å². The maximum absolute atomic E-state index is 6.10. The van der Waals surface area contributed by atoms with E-state index in [1.807, 2.05) is 37.3 Å². The summed E-state index contributed by atoms with van der Waals surface area (Å²) in [5.74, 6) is 0. The topological polar surface area (TPSA) is 9.23 Å². The Labute approximate surface area is 110 Å². The van der Waals surface area contributed by atoms with Gasteiger partial charge >= 0.3 is 0 Å². The van der Waals surface area contributed by atoms with Crippen LogP contribution in [-0.4, -0.2) is 6.61 Å². The van der Waals surface area contributed by atoms with E-state index in [9.17, 15) is 0 Å². The van der Waals surface area contributed by atoms with Gasteiger partial charge in [0.2, 0.25) is 0 Å². The maximum atomic E-state index is 6.10. The Hall–Kier alpha value is -0.730. The van der Waals surface area contributed by atoms with Crippen molar-refractivity contribution in [3.63, 3.8) is 0 Å². The first-order valence-electron chi connectivity index (χ1n) is 5.07. The van der Waals surface area contributed by atoms with Crippen molar-refractivity contribution in [3.8, 4) is 0 Å². The van der Waals surface area contributed by atoms with Crippen molar-refractivity contribution in [3.05, 3.63) is 52.2 Å². The Morgan fingerprint density at radius 1 is 1.44 bits per heavy atom. The zero-order valence-corrected chi connectivity index (χ0v) is 11.5. The van der Waals surface area contributed by atoms with Crippen LogP contribution >= 0.6 is 27.5 Å². The summed E-state index contributed by atoms with van der Waals surface area (Å²) in [6.45, 7) is 6.21. The number of allylic oxidation sites excluding steroid dienone is 2. The Balaban J connectivity index is 3.06. The summed E-state index contributed by atoms with van der Waals surface area (Å²) >= 11 is 9.50. The number of benzene rings is 1. The fourth-order valence-electron chi connectivity index (χ4n) is 1.32. The molecular weight excluding hydrogens is 287 g/mol. The van der Waals surface area contributed by atoms with Crippen molar-refractivity contribution in [2.24, 2.45) is 0 Å². The summed E-state index contributed by atoms with van der Waals surface area (Å²) in [6.07, 6.45) is 2.51. The summed E-state index contributed by atoms with van der Waals surface area (Å²) in [6, 6.07) is 7.97. The van der Waals surface area contributed by atoms with Crippen LogP contribution in [0.5, 0.6) is 0 Å². The van der Waals surface area contributed by atoms with Gasteiger partial charge in [0.1, 0.15) is 0 Å². The van der Waals surface area contributed by atoms with Gasteiger partial charge in [-0.25, -0.2) is 0 Å². The fourth-order valence-corrected chi connectivity index (χ4v) is 1.88. The SMILES string of the molecule is C=CC/C(=C(\Cl)OCC)c1ccc(Br)cc1. The molecule has 1 aromatic carbocycles. The Morgan fingerprint density at radius 2 is 2.06 bits per heavy atom. The summed E-state index contributed by atoms with van der Waals surface area (Å²) in [5, 5.41) is 0.449. The number of ether oxygens (including phenoxy) is 1. The molecule has 1 rings (SSSR count). The summed E-state index contributed by atoms with van der Waals surface area (Å²) in [4.78, 5) is 0. The van der Waals surface area contributed by atoms with Crippen LogP contribution in [-0.2, 0) is 4.74 Å². The maximum Gasteiger partial charge on any atom is 0.190 e. The van der Waals surface area contributed by atoms with Crippen LogP contribution in [0, 0.1) is 0 Å². The fraction of sp³-hybridized carbons (Fsp3) is 0.231. The lowest BCUT2D eigenvalue weighted by Crippen LogP contribution is -1.92. The third kappa shape index (κ3) is 3.69. The number of hydrogen-bond acceptors (Lipinski definition) is 1. The van der Waals surface area contributed by atoms with Gasteiger partial charge in [-0.15, -0.1) is 6.58 Å². The van der Waals surface area contributed by atoms with Gasteiger partial charge in [0.05, 0.1) is 6.61 Å². The highest BCUT2D eigenvalue weighted by atomic mass is 79.9. The molecule has 0 aromatic heterocycles. The van der Waals surface area contributed by atoms with Gasteiger partial charge in [0.15, 0.2) is 5.22 Å². The van der Waals surface area contributed by atoms with Crippen LogP contribution in [0.25, 0.3) is 5.57 Å². The van der Waals surface area contributed by atoms with E-state index in [0.717, 1.165) is 15.6 Å². The van der Waals surface area contributed by atoms with Crippen molar-refractivity contribution >= 4 is 33.1 Å². The Morgan fingerprint density at radius 3 is 2.56 bits per heavy atom. The molecule has 0 atom stereocenters. The van der Waals surface area contributed by atoms with E-state index >= 15 is 0 Å². The average molecular weight is 302 g/mol. The molecule has 0 unspecified atom stereocenters. The molecule has 0 heterocycles. The van der Waals surface area contributed by atoms with E-state index in [-0.39, 0.29) is 0 Å². The minimum atomic E-state index is 0.449. The normalized spacial score (nSPS) is 11.9. The lowest BCUT2D eigenvalue weighted by molar-refractivity contribution is 0.256. The van der Waals surface area contributed by atoms with E-state index in [0.29, 0.717) is 18.2 Å². The van der Waals surface area contributed by atoms with Crippen molar-refractivity contribution in [2.45, 2.75) is 13.3 Å².